The molecule has 0 unspecified atom stereocenters. The van der Waals surface area contributed by atoms with Gasteiger partial charge in [-0.1, -0.05) is 12.1 Å². The number of hydrogen-bond acceptors (Lipinski definition) is 5. The minimum absolute atomic E-state index is 0. The summed E-state index contributed by atoms with van der Waals surface area (Å²) >= 11 is 0. The zero-order valence-corrected chi connectivity index (χ0v) is 14.1. The predicted octanol–water partition coefficient (Wildman–Crippen LogP) is 2.29. The molecular formula is C15H22Cl2N2O3. The van der Waals surface area contributed by atoms with E-state index in [1.165, 1.54) is 6.92 Å². The summed E-state index contributed by atoms with van der Waals surface area (Å²) < 4.78 is 4.92. The van der Waals surface area contributed by atoms with E-state index in [9.17, 15) is 9.90 Å². The summed E-state index contributed by atoms with van der Waals surface area (Å²) in [7, 11) is 0. The lowest BCUT2D eigenvalue weighted by Gasteiger charge is -2.33. The summed E-state index contributed by atoms with van der Waals surface area (Å²) in [6, 6.07) is 5.15. The molecule has 1 fully saturated rings. The second kappa shape index (κ2) is 9.69. The fourth-order valence-electron chi connectivity index (χ4n) is 2.42. The first-order valence-electron chi connectivity index (χ1n) is 6.70. The largest absolute Gasteiger partial charge is 0.504 e. The summed E-state index contributed by atoms with van der Waals surface area (Å²) in [6.45, 7) is 8.95. The molecule has 1 saturated heterocycles. The van der Waals surface area contributed by atoms with Gasteiger partial charge in [0.05, 0.1) is 6.04 Å². The lowest BCUT2D eigenvalue weighted by atomic mass is 10.0. The van der Waals surface area contributed by atoms with E-state index in [1.807, 2.05) is 12.1 Å². The van der Waals surface area contributed by atoms with Gasteiger partial charge in [0, 0.05) is 33.1 Å². The van der Waals surface area contributed by atoms with Gasteiger partial charge in [-0.25, -0.2) is 0 Å². The van der Waals surface area contributed by atoms with Crippen LogP contribution in [-0.4, -0.2) is 42.2 Å². The normalized spacial score (nSPS) is 15.9. The molecule has 1 aromatic rings. The maximum Gasteiger partial charge on any atom is 0.308 e. The summed E-state index contributed by atoms with van der Waals surface area (Å²) in [6.07, 6.45) is 1.87. The molecule has 2 N–H and O–H groups in total. The number of phenolic OH excluding ortho intramolecular Hbond substituents is 1. The van der Waals surface area contributed by atoms with Crippen LogP contribution >= 0.6 is 24.8 Å². The summed E-state index contributed by atoms with van der Waals surface area (Å²) in [5, 5.41) is 13.2. The molecule has 7 heteroatoms. The van der Waals surface area contributed by atoms with E-state index >= 15 is 0 Å². The SMILES string of the molecule is C=C[C@H](c1ccc(OC(C)=O)c(O)c1)N1CCNCC1.Cl.Cl. The topological polar surface area (TPSA) is 61.8 Å². The number of ether oxygens (including phenoxy) is 1. The second-order valence-corrected chi connectivity index (χ2v) is 4.79. The van der Waals surface area contributed by atoms with E-state index < -0.39 is 5.97 Å². The first-order chi connectivity index (χ1) is 9.61. The smallest absolute Gasteiger partial charge is 0.308 e. The minimum Gasteiger partial charge on any atom is -0.504 e. The fourth-order valence-corrected chi connectivity index (χ4v) is 2.42. The van der Waals surface area contributed by atoms with Crippen LogP contribution in [0.4, 0.5) is 0 Å². The Morgan fingerprint density at radius 1 is 1.41 bits per heavy atom. The number of carbonyl (C=O) groups excluding carboxylic acids is 1. The molecule has 0 aliphatic carbocycles. The van der Waals surface area contributed by atoms with Crippen molar-refractivity contribution in [3.8, 4) is 11.5 Å². The van der Waals surface area contributed by atoms with Gasteiger partial charge in [-0.3, -0.25) is 9.69 Å². The second-order valence-electron chi connectivity index (χ2n) is 4.79. The van der Waals surface area contributed by atoms with Crippen molar-refractivity contribution in [1.29, 1.82) is 0 Å². The molecule has 1 heterocycles. The number of rotatable bonds is 4. The molecule has 0 aromatic heterocycles. The highest BCUT2D eigenvalue weighted by Gasteiger charge is 2.20. The standard InChI is InChI=1S/C15H20N2O3.2ClH/c1-3-13(17-8-6-16-7-9-17)12-4-5-15(14(19)10-12)20-11(2)18;;/h3-5,10,13,16,19H,1,6-9H2,2H3;2*1H/t13-;;/m1../s1. The Kier molecular flexibility index (Phi) is 9.13. The summed E-state index contributed by atoms with van der Waals surface area (Å²) in [4.78, 5) is 13.2. The molecule has 0 amide bonds. The molecule has 2 rings (SSSR count). The van der Waals surface area contributed by atoms with E-state index in [1.54, 1.807) is 12.1 Å². The van der Waals surface area contributed by atoms with Gasteiger partial charge in [-0.05, 0) is 17.7 Å². The van der Waals surface area contributed by atoms with Gasteiger partial charge in [0.2, 0.25) is 0 Å². The molecule has 1 aromatic carbocycles. The molecule has 1 aliphatic rings. The molecule has 5 nitrogen and oxygen atoms in total. The van der Waals surface area contributed by atoms with Crippen molar-refractivity contribution in [2.45, 2.75) is 13.0 Å². The first-order valence-corrected chi connectivity index (χ1v) is 6.70. The van der Waals surface area contributed by atoms with Crippen LogP contribution in [0.1, 0.15) is 18.5 Å². The fraction of sp³-hybridized carbons (Fsp3) is 0.400. The van der Waals surface area contributed by atoms with Crippen molar-refractivity contribution >= 4 is 30.8 Å². The monoisotopic (exact) mass is 348 g/mol. The predicted molar refractivity (Wildman–Crippen MR) is 91.3 cm³/mol. The number of phenols is 1. The third-order valence-corrected chi connectivity index (χ3v) is 3.35. The van der Waals surface area contributed by atoms with E-state index in [-0.39, 0.29) is 42.4 Å². The Balaban J connectivity index is 0.00000220. The Bertz CT molecular complexity index is 506. The highest BCUT2D eigenvalue weighted by Crippen LogP contribution is 2.32. The Morgan fingerprint density at radius 3 is 2.55 bits per heavy atom. The van der Waals surface area contributed by atoms with Gasteiger partial charge in [0.15, 0.2) is 11.5 Å². The maximum atomic E-state index is 10.9. The van der Waals surface area contributed by atoms with Gasteiger partial charge in [0.25, 0.3) is 0 Å². The number of carbonyl (C=O) groups is 1. The van der Waals surface area contributed by atoms with E-state index in [0.29, 0.717) is 0 Å². The molecule has 22 heavy (non-hydrogen) atoms. The van der Waals surface area contributed by atoms with Gasteiger partial charge in [0.1, 0.15) is 0 Å². The number of nitrogens with zero attached hydrogens (tertiary/aromatic N) is 1. The lowest BCUT2D eigenvalue weighted by molar-refractivity contribution is -0.132. The van der Waals surface area contributed by atoms with Crippen molar-refractivity contribution in [1.82, 2.24) is 10.2 Å². The number of hydrogen-bond donors (Lipinski definition) is 2. The van der Waals surface area contributed by atoms with Crippen LogP contribution in [0.3, 0.4) is 0 Å². The molecule has 0 radical (unpaired) electrons. The molecule has 0 saturated carbocycles. The number of halogens is 2. The van der Waals surface area contributed by atoms with Gasteiger partial charge >= 0.3 is 5.97 Å². The first kappa shape index (κ1) is 20.7. The van der Waals surface area contributed by atoms with Crippen molar-refractivity contribution in [3.63, 3.8) is 0 Å². The van der Waals surface area contributed by atoms with Gasteiger partial charge in [-0.15, -0.1) is 31.4 Å². The number of benzene rings is 1. The molecule has 1 aliphatic heterocycles. The number of esters is 1. The quantitative estimate of drug-likeness (QED) is 0.496. The third-order valence-electron chi connectivity index (χ3n) is 3.35. The van der Waals surface area contributed by atoms with Crippen LogP contribution in [0.2, 0.25) is 0 Å². The number of nitrogens with one attached hydrogen (secondary N) is 1. The Hall–Kier alpha value is -1.27. The van der Waals surface area contributed by atoms with Crippen LogP contribution < -0.4 is 10.1 Å². The zero-order chi connectivity index (χ0) is 14.5. The van der Waals surface area contributed by atoms with Crippen molar-refractivity contribution in [2.24, 2.45) is 0 Å². The summed E-state index contributed by atoms with van der Waals surface area (Å²) in [5.41, 5.74) is 0.940. The minimum atomic E-state index is -0.449. The van der Waals surface area contributed by atoms with E-state index in [0.717, 1.165) is 31.7 Å². The van der Waals surface area contributed by atoms with Crippen molar-refractivity contribution < 1.29 is 14.6 Å². The molecule has 0 spiro atoms. The number of piperazine rings is 1. The maximum absolute atomic E-state index is 10.9. The Morgan fingerprint density at radius 2 is 2.05 bits per heavy atom. The van der Waals surface area contributed by atoms with Crippen LogP contribution in [-0.2, 0) is 4.79 Å². The third kappa shape index (κ3) is 5.18. The Labute approximate surface area is 143 Å². The van der Waals surface area contributed by atoms with Gasteiger partial charge in [-0.2, -0.15) is 0 Å². The zero-order valence-electron chi connectivity index (χ0n) is 12.4. The van der Waals surface area contributed by atoms with E-state index in [4.69, 9.17) is 4.74 Å². The van der Waals surface area contributed by atoms with Crippen LogP contribution in [0.25, 0.3) is 0 Å². The van der Waals surface area contributed by atoms with Crippen molar-refractivity contribution in [3.05, 3.63) is 36.4 Å². The van der Waals surface area contributed by atoms with Crippen LogP contribution in [0.5, 0.6) is 11.5 Å². The highest BCUT2D eigenvalue weighted by molar-refractivity contribution is 5.85. The number of aromatic hydroxyl groups is 1. The molecule has 124 valence electrons. The average Bonchev–Trinajstić information content (AvgIpc) is 2.43. The van der Waals surface area contributed by atoms with Crippen LogP contribution in [0.15, 0.2) is 30.9 Å². The average molecular weight is 349 g/mol. The molecular weight excluding hydrogens is 327 g/mol. The molecule has 1 atom stereocenters. The highest BCUT2D eigenvalue weighted by atomic mass is 35.5. The summed E-state index contributed by atoms with van der Waals surface area (Å²) in [5.74, 6) is -0.292. The lowest BCUT2D eigenvalue weighted by Crippen LogP contribution is -2.44. The molecule has 0 bridgehead atoms. The van der Waals surface area contributed by atoms with Crippen molar-refractivity contribution in [2.75, 3.05) is 26.2 Å². The van der Waals surface area contributed by atoms with Crippen LogP contribution in [0, 0.1) is 0 Å². The van der Waals surface area contributed by atoms with Gasteiger partial charge < -0.3 is 15.2 Å². The van der Waals surface area contributed by atoms with E-state index in [2.05, 4.69) is 16.8 Å².